The van der Waals surface area contributed by atoms with E-state index in [4.69, 9.17) is 18.7 Å². The van der Waals surface area contributed by atoms with Crippen LogP contribution in [0.1, 0.15) is 75.9 Å². The minimum absolute atomic E-state index is 0.110. The lowest BCUT2D eigenvalue weighted by atomic mass is 10.2. The number of benzene rings is 1. The summed E-state index contributed by atoms with van der Waals surface area (Å²) in [6.07, 6.45) is -1.16. The van der Waals surface area contributed by atoms with Crippen molar-refractivity contribution in [2.75, 3.05) is 14.2 Å². The van der Waals surface area contributed by atoms with Crippen LogP contribution >= 0.6 is 0 Å². The van der Waals surface area contributed by atoms with Gasteiger partial charge in [0.15, 0.2) is 11.4 Å². The number of hydrogen-bond donors (Lipinski definition) is 1. The van der Waals surface area contributed by atoms with Crippen LogP contribution in [0.5, 0.6) is 0 Å². The molecule has 0 aliphatic carbocycles. The molecular formula is C23H28N2O8. The van der Waals surface area contributed by atoms with Crippen molar-refractivity contribution >= 4 is 11.9 Å². The number of ether oxygens (including phenoxy) is 3. The van der Waals surface area contributed by atoms with Crippen LogP contribution in [0.4, 0.5) is 0 Å². The van der Waals surface area contributed by atoms with E-state index < -0.39 is 18.0 Å². The number of nitrogens with zero attached hydrogens (tertiary/aromatic N) is 2. The van der Waals surface area contributed by atoms with E-state index in [0.717, 1.165) is 5.56 Å². The Hall–Kier alpha value is -3.50. The maximum absolute atomic E-state index is 11.5. The molecule has 2 aromatic heterocycles. The molecule has 10 heteroatoms. The molecule has 0 saturated carbocycles. The minimum atomic E-state index is -0.822. The van der Waals surface area contributed by atoms with E-state index in [2.05, 4.69) is 19.4 Å². The van der Waals surface area contributed by atoms with Gasteiger partial charge in [0.2, 0.25) is 11.8 Å². The summed E-state index contributed by atoms with van der Waals surface area (Å²) in [4.78, 5) is 30.4. The maximum Gasteiger partial charge on any atom is 0.360 e. The predicted octanol–water partition coefficient (Wildman–Crippen LogP) is 3.87. The largest absolute Gasteiger partial charge is 0.464 e. The molecule has 1 aromatic carbocycles. The third-order valence-corrected chi connectivity index (χ3v) is 4.43. The van der Waals surface area contributed by atoms with Crippen LogP contribution in [0.3, 0.4) is 0 Å². The smallest absolute Gasteiger partial charge is 0.360 e. The summed E-state index contributed by atoms with van der Waals surface area (Å²) in [7, 11) is 2.57. The van der Waals surface area contributed by atoms with Crippen molar-refractivity contribution in [2.45, 2.75) is 46.5 Å². The van der Waals surface area contributed by atoms with Crippen LogP contribution in [-0.4, -0.2) is 41.2 Å². The summed E-state index contributed by atoms with van der Waals surface area (Å²) < 4.78 is 25.3. The van der Waals surface area contributed by atoms with Crippen LogP contribution in [0.2, 0.25) is 0 Å². The van der Waals surface area contributed by atoms with Crippen LogP contribution in [-0.2, 0) is 20.8 Å². The Labute approximate surface area is 191 Å². The highest BCUT2D eigenvalue weighted by atomic mass is 16.5. The molecule has 3 aromatic rings. The number of methoxy groups -OCH3 is 2. The van der Waals surface area contributed by atoms with Crippen molar-refractivity contribution in [1.82, 2.24) is 9.97 Å². The second kappa shape index (κ2) is 11.9. The normalized spacial score (nSPS) is 12.3. The fraction of sp³-hybridized carbons (Fsp3) is 0.391. The summed E-state index contributed by atoms with van der Waals surface area (Å²) in [5, 5.41) is 9.11. The molecular weight excluding hydrogens is 432 g/mol. The molecule has 0 saturated heterocycles. The molecule has 2 heterocycles. The van der Waals surface area contributed by atoms with E-state index in [1.54, 1.807) is 13.8 Å². The molecule has 0 spiro atoms. The second-order valence-corrected chi connectivity index (χ2v) is 7.01. The lowest BCUT2D eigenvalue weighted by Gasteiger charge is -2.09. The van der Waals surface area contributed by atoms with E-state index in [-0.39, 0.29) is 23.4 Å². The number of oxazole rings is 2. The van der Waals surface area contributed by atoms with Crippen molar-refractivity contribution in [3.05, 3.63) is 70.6 Å². The molecule has 178 valence electrons. The van der Waals surface area contributed by atoms with Crippen molar-refractivity contribution < 1.29 is 37.7 Å². The molecule has 2 unspecified atom stereocenters. The molecule has 2 atom stereocenters. The topological polar surface area (TPSA) is 134 Å². The maximum atomic E-state index is 11.5. The zero-order valence-electron chi connectivity index (χ0n) is 19.4. The monoisotopic (exact) mass is 460 g/mol. The zero-order chi connectivity index (χ0) is 24.5. The molecule has 0 amide bonds. The number of aliphatic hydroxyl groups is 1. The Morgan fingerprint density at radius 3 is 1.85 bits per heavy atom. The average Bonchev–Trinajstić information content (AvgIpc) is 3.40. The fourth-order valence-corrected chi connectivity index (χ4v) is 2.63. The lowest BCUT2D eigenvalue weighted by molar-refractivity contribution is 0.0340. The van der Waals surface area contributed by atoms with Crippen LogP contribution in [0.25, 0.3) is 0 Å². The molecule has 0 bridgehead atoms. The van der Waals surface area contributed by atoms with Gasteiger partial charge >= 0.3 is 11.9 Å². The van der Waals surface area contributed by atoms with E-state index in [1.807, 2.05) is 37.3 Å². The standard InChI is InChI=1S/C15H17NO4.C8H11NO4/c1-10-13(15(17)18-3)16-14(20-10)11(2)19-9-12-7-5-4-6-8-12;1-4(10)7-9-6(5(2)13-7)8(11)12-3/h4-8,11H,9H2,1-3H3;4,10H,1-3H3. The lowest BCUT2D eigenvalue weighted by Crippen LogP contribution is -2.05. The summed E-state index contributed by atoms with van der Waals surface area (Å²) in [5.74, 6) is 0.211. The van der Waals surface area contributed by atoms with Crippen LogP contribution in [0, 0.1) is 13.8 Å². The number of esters is 2. The summed E-state index contributed by atoms with van der Waals surface area (Å²) in [6.45, 7) is 7.05. The number of carbonyl (C=O) groups is 2. The average molecular weight is 460 g/mol. The molecule has 10 nitrogen and oxygen atoms in total. The zero-order valence-corrected chi connectivity index (χ0v) is 19.4. The Bertz CT molecular complexity index is 1060. The highest BCUT2D eigenvalue weighted by molar-refractivity contribution is 5.88. The van der Waals surface area contributed by atoms with Gasteiger partial charge in [0.25, 0.3) is 0 Å². The van der Waals surface area contributed by atoms with Gasteiger partial charge in [0, 0.05) is 0 Å². The minimum Gasteiger partial charge on any atom is -0.464 e. The summed E-state index contributed by atoms with van der Waals surface area (Å²) in [5.41, 5.74) is 1.37. The number of aliphatic hydroxyl groups excluding tert-OH is 1. The van der Waals surface area contributed by atoms with Gasteiger partial charge in [-0.25, -0.2) is 19.6 Å². The first-order valence-electron chi connectivity index (χ1n) is 10.1. The molecule has 0 aliphatic rings. The van der Waals surface area contributed by atoms with Gasteiger partial charge in [-0.1, -0.05) is 30.3 Å². The van der Waals surface area contributed by atoms with Crippen LogP contribution in [0.15, 0.2) is 39.2 Å². The molecule has 0 radical (unpaired) electrons. The van der Waals surface area contributed by atoms with Crippen molar-refractivity contribution in [3.63, 3.8) is 0 Å². The number of carbonyl (C=O) groups excluding carboxylic acids is 2. The number of aryl methyl sites for hydroxylation is 2. The second-order valence-electron chi connectivity index (χ2n) is 7.01. The third kappa shape index (κ3) is 6.99. The van der Waals surface area contributed by atoms with Gasteiger partial charge in [-0.3, -0.25) is 0 Å². The first-order valence-corrected chi connectivity index (χ1v) is 10.1. The van der Waals surface area contributed by atoms with E-state index in [1.165, 1.54) is 21.1 Å². The molecule has 0 aliphatic heterocycles. The number of aromatic nitrogens is 2. The highest BCUT2D eigenvalue weighted by Crippen LogP contribution is 2.21. The summed E-state index contributed by atoms with van der Waals surface area (Å²) in [6, 6.07) is 9.82. The Balaban J connectivity index is 0.000000257. The predicted molar refractivity (Wildman–Crippen MR) is 115 cm³/mol. The van der Waals surface area contributed by atoms with Crippen molar-refractivity contribution in [3.8, 4) is 0 Å². The number of rotatable bonds is 7. The Morgan fingerprint density at radius 1 is 0.909 bits per heavy atom. The molecule has 1 N–H and O–H groups in total. The first kappa shape index (κ1) is 25.8. The van der Waals surface area contributed by atoms with Gasteiger partial charge in [-0.05, 0) is 33.3 Å². The number of hydrogen-bond acceptors (Lipinski definition) is 10. The van der Waals surface area contributed by atoms with E-state index >= 15 is 0 Å². The Morgan fingerprint density at radius 2 is 1.39 bits per heavy atom. The Kier molecular flexibility index (Phi) is 9.31. The first-order chi connectivity index (χ1) is 15.7. The third-order valence-electron chi connectivity index (χ3n) is 4.43. The SMILES string of the molecule is COC(=O)c1nc(C(C)O)oc1C.COC(=O)c1nc(C(C)OCc2ccccc2)oc1C. The van der Waals surface area contributed by atoms with Crippen molar-refractivity contribution in [2.24, 2.45) is 0 Å². The van der Waals surface area contributed by atoms with Gasteiger partial charge in [-0.15, -0.1) is 0 Å². The van der Waals surface area contributed by atoms with Gasteiger partial charge in [0.05, 0.1) is 20.8 Å². The van der Waals surface area contributed by atoms with E-state index in [0.29, 0.717) is 24.0 Å². The van der Waals surface area contributed by atoms with Gasteiger partial charge < -0.3 is 28.2 Å². The van der Waals surface area contributed by atoms with Gasteiger partial charge in [0.1, 0.15) is 23.7 Å². The molecule has 0 fully saturated rings. The van der Waals surface area contributed by atoms with Gasteiger partial charge in [-0.2, -0.15) is 0 Å². The summed E-state index contributed by atoms with van der Waals surface area (Å²) >= 11 is 0. The quantitative estimate of drug-likeness (QED) is 0.518. The van der Waals surface area contributed by atoms with Crippen molar-refractivity contribution in [1.29, 1.82) is 0 Å². The molecule has 3 rings (SSSR count). The van der Waals surface area contributed by atoms with Crippen LogP contribution < -0.4 is 0 Å². The fourth-order valence-electron chi connectivity index (χ4n) is 2.63. The highest BCUT2D eigenvalue weighted by Gasteiger charge is 2.21. The van der Waals surface area contributed by atoms with E-state index in [9.17, 15) is 9.59 Å². The molecule has 33 heavy (non-hydrogen) atoms.